The molecule has 0 atom stereocenters. The lowest BCUT2D eigenvalue weighted by atomic mass is 9.92. The van der Waals surface area contributed by atoms with E-state index >= 15 is 0 Å². The molecule has 4 nitrogen and oxygen atoms in total. The zero-order valence-corrected chi connectivity index (χ0v) is 14.2. The van der Waals surface area contributed by atoms with Crippen LogP contribution < -0.4 is 15.8 Å². The Labute approximate surface area is 139 Å². The van der Waals surface area contributed by atoms with E-state index in [-0.39, 0.29) is 24.4 Å². The largest absolute Gasteiger partial charge is 0.493 e. The average molecular weight is 327 g/mol. The van der Waals surface area contributed by atoms with Gasteiger partial charge in [0.25, 0.3) is 0 Å². The van der Waals surface area contributed by atoms with Crippen LogP contribution in [0.15, 0.2) is 18.2 Å². The summed E-state index contributed by atoms with van der Waals surface area (Å²) in [6.07, 6.45) is 4.39. The molecule has 5 heteroatoms. The van der Waals surface area contributed by atoms with Gasteiger partial charge in [0, 0.05) is 12.1 Å². The minimum atomic E-state index is 0. The Bertz CT molecular complexity index is 486. The van der Waals surface area contributed by atoms with Crippen molar-refractivity contribution in [2.45, 2.75) is 58.0 Å². The van der Waals surface area contributed by atoms with E-state index in [9.17, 15) is 4.79 Å². The molecule has 2 rings (SSSR count). The number of nitrogens with two attached hydrogens (primary N) is 1. The van der Waals surface area contributed by atoms with Gasteiger partial charge in [-0.2, -0.15) is 0 Å². The van der Waals surface area contributed by atoms with E-state index in [1.165, 1.54) is 5.56 Å². The Morgan fingerprint density at radius 2 is 1.95 bits per heavy atom. The number of ether oxygens (including phenoxy) is 1. The predicted molar refractivity (Wildman–Crippen MR) is 91.7 cm³/mol. The highest BCUT2D eigenvalue weighted by molar-refractivity contribution is 5.85. The van der Waals surface area contributed by atoms with E-state index in [4.69, 9.17) is 10.5 Å². The predicted octanol–water partition coefficient (Wildman–Crippen LogP) is 2.88. The number of nitrogens with one attached hydrogen (secondary N) is 1. The molecule has 1 fully saturated rings. The molecule has 0 aliphatic heterocycles. The van der Waals surface area contributed by atoms with Gasteiger partial charge in [-0.3, -0.25) is 4.79 Å². The van der Waals surface area contributed by atoms with Crippen molar-refractivity contribution in [1.29, 1.82) is 0 Å². The normalized spacial score (nSPS) is 20.9. The lowest BCUT2D eigenvalue weighted by molar-refractivity contribution is -0.122. The summed E-state index contributed by atoms with van der Waals surface area (Å²) in [5.74, 6) is 0.937. The number of hydrogen-bond donors (Lipinski definition) is 2. The van der Waals surface area contributed by atoms with Crippen molar-refractivity contribution >= 4 is 18.3 Å². The minimum Gasteiger partial charge on any atom is -0.493 e. The van der Waals surface area contributed by atoms with Gasteiger partial charge >= 0.3 is 0 Å². The fourth-order valence-electron chi connectivity index (χ4n) is 2.68. The molecule has 1 aliphatic carbocycles. The zero-order valence-electron chi connectivity index (χ0n) is 13.4. The van der Waals surface area contributed by atoms with Gasteiger partial charge in [-0.25, -0.2) is 0 Å². The third-order valence-electron chi connectivity index (χ3n) is 4.07. The molecule has 0 aromatic heterocycles. The van der Waals surface area contributed by atoms with Crippen LogP contribution in [0, 0.1) is 13.8 Å². The van der Waals surface area contributed by atoms with E-state index in [1.807, 2.05) is 26.0 Å². The summed E-state index contributed by atoms with van der Waals surface area (Å²) >= 11 is 0. The van der Waals surface area contributed by atoms with E-state index in [1.54, 1.807) is 0 Å². The third kappa shape index (κ3) is 5.85. The summed E-state index contributed by atoms with van der Waals surface area (Å²) in [7, 11) is 0. The number of aryl methyl sites for hydroxylation is 2. The molecule has 1 aliphatic rings. The summed E-state index contributed by atoms with van der Waals surface area (Å²) in [4.78, 5) is 11.9. The molecule has 1 aromatic carbocycles. The Kier molecular flexibility index (Phi) is 7.69. The summed E-state index contributed by atoms with van der Waals surface area (Å²) in [5, 5.41) is 3.08. The zero-order chi connectivity index (χ0) is 15.2. The SMILES string of the molecule is Cc1ccc(C)c(OCCC(=O)NC2CCC(N)CC2)c1.Cl. The second-order valence-corrected chi connectivity index (χ2v) is 6.05. The lowest BCUT2D eigenvalue weighted by Gasteiger charge is -2.26. The van der Waals surface area contributed by atoms with Crippen molar-refractivity contribution < 1.29 is 9.53 Å². The Morgan fingerprint density at radius 1 is 1.27 bits per heavy atom. The molecule has 1 saturated carbocycles. The van der Waals surface area contributed by atoms with Crippen molar-refractivity contribution in [3.8, 4) is 5.75 Å². The monoisotopic (exact) mass is 326 g/mol. The molecule has 1 amide bonds. The molecule has 22 heavy (non-hydrogen) atoms. The smallest absolute Gasteiger partial charge is 0.223 e. The van der Waals surface area contributed by atoms with Gasteiger partial charge in [-0.1, -0.05) is 12.1 Å². The van der Waals surface area contributed by atoms with Gasteiger partial charge in [0.1, 0.15) is 5.75 Å². The fourth-order valence-corrected chi connectivity index (χ4v) is 2.68. The van der Waals surface area contributed by atoms with E-state index in [0.29, 0.717) is 19.1 Å². The number of rotatable bonds is 5. The number of amides is 1. The van der Waals surface area contributed by atoms with Crippen LogP contribution in [0.4, 0.5) is 0 Å². The van der Waals surface area contributed by atoms with Gasteiger partial charge in [0.15, 0.2) is 0 Å². The highest BCUT2D eigenvalue weighted by Crippen LogP contribution is 2.19. The molecule has 0 unspecified atom stereocenters. The molecular weight excluding hydrogens is 300 g/mol. The van der Waals surface area contributed by atoms with E-state index in [0.717, 1.165) is 37.0 Å². The maximum Gasteiger partial charge on any atom is 0.223 e. The minimum absolute atomic E-state index is 0. The summed E-state index contributed by atoms with van der Waals surface area (Å²) in [6, 6.07) is 6.71. The third-order valence-corrected chi connectivity index (χ3v) is 4.07. The molecule has 3 N–H and O–H groups in total. The molecule has 0 spiro atoms. The van der Waals surface area contributed by atoms with E-state index in [2.05, 4.69) is 11.4 Å². The average Bonchev–Trinajstić information content (AvgIpc) is 2.45. The van der Waals surface area contributed by atoms with Gasteiger partial charge in [0.05, 0.1) is 13.0 Å². The van der Waals surface area contributed by atoms with Crippen molar-refractivity contribution in [1.82, 2.24) is 5.32 Å². The lowest BCUT2D eigenvalue weighted by Crippen LogP contribution is -2.40. The van der Waals surface area contributed by atoms with Crippen LogP contribution in [0.5, 0.6) is 5.75 Å². The number of halogens is 1. The van der Waals surface area contributed by atoms with Crippen molar-refractivity contribution in [2.24, 2.45) is 5.73 Å². The Hall–Kier alpha value is -1.26. The Balaban J connectivity index is 0.00000242. The van der Waals surface area contributed by atoms with Crippen LogP contribution in [0.25, 0.3) is 0 Å². The van der Waals surface area contributed by atoms with Gasteiger partial charge < -0.3 is 15.8 Å². The first-order valence-electron chi connectivity index (χ1n) is 7.79. The molecule has 1 aromatic rings. The summed E-state index contributed by atoms with van der Waals surface area (Å²) < 4.78 is 5.71. The molecular formula is C17H27ClN2O2. The number of carbonyl (C=O) groups excluding carboxylic acids is 1. The summed E-state index contributed by atoms with van der Waals surface area (Å²) in [5.41, 5.74) is 8.13. The van der Waals surface area contributed by atoms with Crippen LogP contribution in [0.1, 0.15) is 43.2 Å². The first kappa shape index (κ1) is 18.8. The van der Waals surface area contributed by atoms with Crippen molar-refractivity contribution in [3.05, 3.63) is 29.3 Å². The molecule has 0 saturated heterocycles. The highest BCUT2D eigenvalue weighted by Gasteiger charge is 2.19. The van der Waals surface area contributed by atoms with Crippen molar-refractivity contribution in [3.63, 3.8) is 0 Å². The van der Waals surface area contributed by atoms with Gasteiger partial charge in [0.2, 0.25) is 5.91 Å². The first-order chi connectivity index (χ1) is 10.0. The molecule has 124 valence electrons. The van der Waals surface area contributed by atoms with Crippen LogP contribution in [0.2, 0.25) is 0 Å². The summed E-state index contributed by atoms with van der Waals surface area (Å²) in [6.45, 7) is 4.47. The fraction of sp³-hybridized carbons (Fsp3) is 0.588. The second-order valence-electron chi connectivity index (χ2n) is 6.05. The maximum atomic E-state index is 11.9. The van der Waals surface area contributed by atoms with Crippen molar-refractivity contribution in [2.75, 3.05) is 6.61 Å². The number of hydrogen-bond acceptors (Lipinski definition) is 3. The standard InChI is InChI=1S/C17H26N2O2.ClH/c1-12-3-4-13(2)16(11-12)21-10-9-17(20)19-15-7-5-14(18)6-8-15;/h3-4,11,14-15H,5-10,18H2,1-2H3,(H,19,20);1H. The molecule has 0 bridgehead atoms. The number of carbonyl (C=O) groups is 1. The molecule has 0 heterocycles. The topological polar surface area (TPSA) is 64.3 Å². The van der Waals surface area contributed by atoms with Gasteiger partial charge in [-0.05, 0) is 56.7 Å². The van der Waals surface area contributed by atoms with Crippen LogP contribution >= 0.6 is 12.4 Å². The highest BCUT2D eigenvalue weighted by atomic mass is 35.5. The van der Waals surface area contributed by atoms with E-state index < -0.39 is 0 Å². The number of benzene rings is 1. The first-order valence-corrected chi connectivity index (χ1v) is 7.79. The Morgan fingerprint density at radius 3 is 2.64 bits per heavy atom. The molecule has 0 radical (unpaired) electrons. The van der Waals surface area contributed by atoms with Crippen LogP contribution in [0.3, 0.4) is 0 Å². The quantitative estimate of drug-likeness (QED) is 0.874. The second kappa shape index (κ2) is 9.01. The maximum absolute atomic E-state index is 11.9. The van der Waals surface area contributed by atoms with Crippen LogP contribution in [-0.2, 0) is 4.79 Å². The van der Waals surface area contributed by atoms with Gasteiger partial charge in [-0.15, -0.1) is 12.4 Å². The van der Waals surface area contributed by atoms with Crippen LogP contribution in [-0.4, -0.2) is 24.6 Å².